The molecule has 0 aliphatic heterocycles. The molecule has 0 aliphatic rings. The fourth-order valence-electron chi connectivity index (χ4n) is 5.03. The number of carbonyl (C=O) groups is 1. The number of hydrogen-bond donors (Lipinski definition) is 2. The van der Waals surface area contributed by atoms with Crippen molar-refractivity contribution in [1.29, 1.82) is 0 Å². The van der Waals surface area contributed by atoms with Crippen molar-refractivity contribution in [2.45, 2.75) is 70.1 Å². The van der Waals surface area contributed by atoms with E-state index in [1.165, 1.54) is 0 Å². The van der Waals surface area contributed by atoms with Crippen LogP contribution in [0.2, 0.25) is 5.04 Å². The smallest absolute Gasteiger partial charge is 0.338 e. The molecule has 0 radical (unpaired) electrons. The van der Waals surface area contributed by atoms with Gasteiger partial charge in [-0.3, -0.25) is 0 Å². The second-order valence-corrected chi connectivity index (χ2v) is 15.4. The van der Waals surface area contributed by atoms with E-state index in [9.17, 15) is 15.0 Å². The summed E-state index contributed by atoms with van der Waals surface area (Å²) in [5.41, 5.74) is 0.574. The maximum absolute atomic E-state index is 12.0. The fourth-order valence-corrected chi connectivity index (χ4v) is 9.75. The Hall–Kier alpha value is -3.03. The molecule has 0 amide bonds. The molecule has 2 atom stereocenters. The van der Waals surface area contributed by atoms with Crippen molar-refractivity contribution in [1.82, 2.24) is 0 Å². The molecule has 3 aromatic rings. The topological polar surface area (TPSA) is 76.0 Å². The molecule has 0 bridgehead atoms. The van der Waals surface area contributed by atoms with Crippen molar-refractivity contribution in [3.8, 4) is 0 Å². The minimum absolute atomic E-state index is 0.225. The Morgan fingerprint density at radius 1 is 0.825 bits per heavy atom. The number of allylic oxidation sites excluding steroid dienone is 1. The third-order valence-corrected chi connectivity index (χ3v) is 12.2. The van der Waals surface area contributed by atoms with Crippen LogP contribution in [0, 0.1) is 0 Å². The van der Waals surface area contributed by atoms with Gasteiger partial charge in [-0.1, -0.05) is 112 Å². The summed E-state index contributed by atoms with van der Waals surface area (Å²) in [7, 11) is -2.86. The highest BCUT2D eigenvalue weighted by atomic mass is 28.4. The highest BCUT2D eigenvalue weighted by molar-refractivity contribution is 6.99. The predicted octanol–water partition coefficient (Wildman–Crippen LogP) is 5.65. The van der Waals surface area contributed by atoms with Crippen LogP contribution >= 0.6 is 0 Å². The van der Waals surface area contributed by atoms with Crippen LogP contribution < -0.4 is 10.4 Å². The zero-order valence-corrected chi connectivity index (χ0v) is 25.0. The van der Waals surface area contributed by atoms with Gasteiger partial charge in [0.25, 0.3) is 8.32 Å². The van der Waals surface area contributed by atoms with Crippen molar-refractivity contribution in [3.63, 3.8) is 0 Å². The Labute approximate surface area is 240 Å². The highest BCUT2D eigenvalue weighted by Crippen LogP contribution is 2.38. The van der Waals surface area contributed by atoms with E-state index in [0.717, 1.165) is 36.1 Å². The summed E-state index contributed by atoms with van der Waals surface area (Å²) in [5.74, 6) is -0.283. The fraction of sp³-hybridized carbons (Fsp3) is 0.382. The van der Waals surface area contributed by atoms with E-state index in [4.69, 9.17) is 9.16 Å². The molecule has 214 valence electrons. The number of unbranched alkanes of at least 4 members (excludes halogenated alkanes) is 3. The first kappa shape index (κ1) is 31.5. The molecule has 0 heterocycles. The Kier molecular flexibility index (Phi) is 12.3. The largest absolute Gasteiger partial charge is 0.462 e. The molecule has 0 fully saturated rings. The number of aliphatic hydroxyl groups excluding tert-OH is 2. The van der Waals surface area contributed by atoms with Gasteiger partial charge in [0.2, 0.25) is 0 Å². The van der Waals surface area contributed by atoms with Crippen LogP contribution in [0.1, 0.15) is 63.2 Å². The van der Waals surface area contributed by atoms with Crippen LogP contribution in [0.5, 0.6) is 0 Å². The van der Waals surface area contributed by atoms with Crippen LogP contribution in [-0.2, 0) is 9.16 Å². The zero-order chi connectivity index (χ0) is 28.8. The van der Waals surface area contributed by atoms with Gasteiger partial charge in [0.15, 0.2) is 0 Å². The highest BCUT2D eigenvalue weighted by Gasteiger charge is 2.51. The monoisotopic (exact) mass is 560 g/mol. The van der Waals surface area contributed by atoms with Crippen LogP contribution in [0.4, 0.5) is 0 Å². The number of aliphatic hydroxyl groups is 2. The van der Waals surface area contributed by atoms with Gasteiger partial charge in [-0.05, 0) is 59.6 Å². The summed E-state index contributed by atoms with van der Waals surface area (Å²) < 4.78 is 12.4. The molecule has 0 aromatic heterocycles. The molecule has 2 N–H and O–H groups in total. The first-order valence-corrected chi connectivity index (χ1v) is 16.2. The lowest BCUT2D eigenvalue weighted by Crippen LogP contribution is -2.68. The lowest BCUT2D eigenvalue weighted by molar-refractivity contribution is -0.00374. The van der Waals surface area contributed by atoms with Crippen LogP contribution in [0.15, 0.2) is 103 Å². The molecule has 5 nitrogen and oxygen atoms in total. The molecule has 0 saturated heterocycles. The van der Waals surface area contributed by atoms with Crippen molar-refractivity contribution in [3.05, 3.63) is 109 Å². The molecule has 0 aliphatic carbocycles. The van der Waals surface area contributed by atoms with E-state index in [0.29, 0.717) is 18.6 Å². The van der Waals surface area contributed by atoms with Gasteiger partial charge < -0.3 is 19.4 Å². The normalized spacial score (nSPS) is 13.7. The molecule has 40 heavy (non-hydrogen) atoms. The second-order valence-electron chi connectivity index (χ2n) is 11.1. The SMILES string of the molecule is CC(C)(C)[Si](OC(C/C=C/CCCCCOC(=O)c1ccccc1)C(O)CO)(c1ccccc1)c1ccccc1. The number of carbonyl (C=O) groups excluding carboxylic acids is 1. The molecule has 0 spiro atoms. The van der Waals surface area contributed by atoms with Gasteiger partial charge in [-0.2, -0.15) is 0 Å². The van der Waals surface area contributed by atoms with Crippen molar-refractivity contribution in [2.24, 2.45) is 0 Å². The average molecular weight is 561 g/mol. The number of rotatable bonds is 15. The van der Waals surface area contributed by atoms with E-state index >= 15 is 0 Å². The summed E-state index contributed by atoms with van der Waals surface area (Å²) >= 11 is 0. The van der Waals surface area contributed by atoms with E-state index < -0.39 is 20.5 Å². The maximum Gasteiger partial charge on any atom is 0.338 e. The van der Waals surface area contributed by atoms with Gasteiger partial charge in [0, 0.05) is 0 Å². The summed E-state index contributed by atoms with van der Waals surface area (Å²) in [6.07, 6.45) is 6.74. The van der Waals surface area contributed by atoms with Gasteiger partial charge in [-0.25, -0.2) is 4.79 Å². The third-order valence-electron chi connectivity index (χ3n) is 7.15. The number of esters is 1. The van der Waals surface area contributed by atoms with E-state index in [1.54, 1.807) is 12.1 Å². The van der Waals surface area contributed by atoms with Gasteiger partial charge in [-0.15, -0.1) is 0 Å². The zero-order valence-electron chi connectivity index (χ0n) is 24.0. The summed E-state index contributed by atoms with van der Waals surface area (Å²) in [4.78, 5) is 12.0. The lowest BCUT2D eigenvalue weighted by Gasteiger charge is -2.45. The average Bonchev–Trinajstić information content (AvgIpc) is 2.98. The second kappa shape index (κ2) is 15.7. The first-order valence-electron chi connectivity index (χ1n) is 14.2. The number of benzene rings is 3. The molecule has 2 unspecified atom stereocenters. The van der Waals surface area contributed by atoms with Gasteiger partial charge in [0.1, 0.15) is 6.10 Å². The van der Waals surface area contributed by atoms with E-state index in [-0.39, 0.29) is 17.6 Å². The standard InChI is InChI=1S/C34H44O5Si/c1-34(2,3)40(29-21-13-9-14-22-29,30-23-15-10-16-24-30)39-32(31(36)27-35)25-17-6-4-5-7-18-26-38-33(37)28-19-11-8-12-20-28/h6,8-17,19-24,31-32,35-36H,4-5,7,18,25-27H2,1-3H3/b17-6+. The summed E-state index contributed by atoms with van der Waals surface area (Å²) in [6, 6.07) is 29.7. The summed E-state index contributed by atoms with van der Waals surface area (Å²) in [6.45, 7) is 6.66. The van der Waals surface area contributed by atoms with E-state index in [1.807, 2.05) is 54.6 Å². The Morgan fingerprint density at radius 3 is 1.90 bits per heavy atom. The molecule has 3 rings (SSSR count). The van der Waals surface area contributed by atoms with Crippen molar-refractivity contribution < 1.29 is 24.2 Å². The predicted molar refractivity (Wildman–Crippen MR) is 165 cm³/mol. The Bertz CT molecular complexity index is 1120. The first-order chi connectivity index (χ1) is 19.3. The summed E-state index contributed by atoms with van der Waals surface area (Å²) in [5, 5.41) is 22.8. The van der Waals surface area contributed by atoms with Crippen molar-refractivity contribution in [2.75, 3.05) is 13.2 Å². The number of ether oxygens (including phenoxy) is 1. The Balaban J connectivity index is 1.61. The van der Waals surface area contributed by atoms with Crippen LogP contribution in [0.25, 0.3) is 0 Å². The molecule has 3 aromatic carbocycles. The molecule has 0 saturated carbocycles. The van der Waals surface area contributed by atoms with E-state index in [2.05, 4.69) is 57.2 Å². The van der Waals surface area contributed by atoms with Crippen LogP contribution in [-0.4, -0.2) is 49.9 Å². The Morgan fingerprint density at radius 2 is 1.38 bits per heavy atom. The third kappa shape index (κ3) is 8.48. The molecular formula is C34H44O5Si. The number of hydrogen-bond acceptors (Lipinski definition) is 5. The van der Waals surface area contributed by atoms with Crippen molar-refractivity contribution >= 4 is 24.7 Å². The maximum atomic E-state index is 12.0. The van der Waals surface area contributed by atoms with Gasteiger partial charge >= 0.3 is 5.97 Å². The molecule has 6 heteroatoms. The van der Waals surface area contributed by atoms with Gasteiger partial charge in [0.05, 0.1) is 24.9 Å². The quantitative estimate of drug-likeness (QED) is 0.109. The van der Waals surface area contributed by atoms with Crippen LogP contribution in [0.3, 0.4) is 0 Å². The minimum atomic E-state index is -2.86. The molecular weight excluding hydrogens is 516 g/mol. The lowest BCUT2D eigenvalue weighted by atomic mass is 10.1. The minimum Gasteiger partial charge on any atom is -0.462 e.